The summed E-state index contributed by atoms with van der Waals surface area (Å²) in [6.07, 6.45) is 0. The van der Waals surface area contributed by atoms with Gasteiger partial charge in [0.25, 0.3) is 0 Å². The normalized spacial score (nSPS) is 11.3. The molecule has 1 rings (SSSR count). The molecule has 0 fully saturated rings. The number of aliphatic hydroxyl groups excluding tert-OH is 1. The van der Waals surface area contributed by atoms with Gasteiger partial charge in [0.2, 0.25) is 0 Å². The second kappa shape index (κ2) is 5.14. The summed E-state index contributed by atoms with van der Waals surface area (Å²) < 4.78 is 18.6. The van der Waals surface area contributed by atoms with Crippen molar-refractivity contribution >= 4 is 5.97 Å². The Morgan fingerprint density at radius 2 is 2.12 bits per heavy atom. The van der Waals surface area contributed by atoms with Gasteiger partial charge in [0.1, 0.15) is 6.61 Å². The second-order valence-corrected chi connectivity index (χ2v) is 4.40. The number of carboxylic acid groups (broad SMARTS) is 1. The zero-order chi connectivity index (χ0) is 13.1. The Balaban J connectivity index is 2.73. The highest BCUT2D eigenvalue weighted by Gasteiger charge is 2.28. The Bertz CT molecular complexity index is 415. The summed E-state index contributed by atoms with van der Waals surface area (Å²) in [5.74, 6) is -1.64. The van der Waals surface area contributed by atoms with E-state index < -0.39 is 17.2 Å². The van der Waals surface area contributed by atoms with Crippen molar-refractivity contribution in [1.29, 1.82) is 0 Å². The minimum Gasteiger partial charge on any atom is -0.489 e. The summed E-state index contributed by atoms with van der Waals surface area (Å²) in [5.41, 5.74) is -0.644. The molecule has 0 aliphatic carbocycles. The summed E-state index contributed by atoms with van der Waals surface area (Å²) in [7, 11) is 0. The number of ether oxygens (including phenoxy) is 1. The van der Waals surface area contributed by atoms with Crippen molar-refractivity contribution < 1.29 is 24.1 Å². The van der Waals surface area contributed by atoms with Crippen molar-refractivity contribution in [3.05, 3.63) is 29.6 Å². The summed E-state index contributed by atoms with van der Waals surface area (Å²) in [4.78, 5) is 10.8. The first kappa shape index (κ1) is 13.4. The molecular formula is C12H15FO4. The lowest BCUT2D eigenvalue weighted by atomic mass is 9.95. The average molecular weight is 242 g/mol. The van der Waals surface area contributed by atoms with E-state index in [1.165, 1.54) is 26.0 Å². The van der Waals surface area contributed by atoms with Crippen molar-refractivity contribution in [3.63, 3.8) is 0 Å². The van der Waals surface area contributed by atoms with Gasteiger partial charge in [-0.2, -0.15) is 0 Å². The van der Waals surface area contributed by atoms with Crippen LogP contribution in [0.2, 0.25) is 0 Å². The smallest absolute Gasteiger partial charge is 0.312 e. The molecule has 0 aliphatic heterocycles. The maximum absolute atomic E-state index is 13.4. The van der Waals surface area contributed by atoms with Gasteiger partial charge in [-0.25, -0.2) is 4.39 Å². The lowest BCUT2D eigenvalue weighted by Gasteiger charge is -2.19. The lowest BCUT2D eigenvalue weighted by molar-refractivity contribution is -0.148. The number of aliphatic carboxylic acids is 1. The van der Waals surface area contributed by atoms with Gasteiger partial charge in [-0.1, -0.05) is 6.07 Å². The molecule has 0 atom stereocenters. The average Bonchev–Trinajstić information content (AvgIpc) is 2.27. The van der Waals surface area contributed by atoms with Crippen LogP contribution in [0.4, 0.5) is 4.39 Å². The molecule has 2 N–H and O–H groups in total. The van der Waals surface area contributed by atoms with Gasteiger partial charge in [-0.15, -0.1) is 0 Å². The molecule has 0 unspecified atom stereocenters. The van der Waals surface area contributed by atoms with E-state index in [0.29, 0.717) is 5.56 Å². The molecule has 0 saturated carbocycles. The molecule has 1 aromatic carbocycles. The molecule has 0 spiro atoms. The lowest BCUT2D eigenvalue weighted by Crippen LogP contribution is -2.30. The fourth-order valence-electron chi connectivity index (χ4n) is 1.08. The first-order chi connectivity index (χ1) is 7.86. The van der Waals surface area contributed by atoms with E-state index >= 15 is 0 Å². The van der Waals surface area contributed by atoms with Crippen molar-refractivity contribution in [3.8, 4) is 5.75 Å². The fourth-order valence-corrected chi connectivity index (χ4v) is 1.08. The fraction of sp³-hybridized carbons (Fsp3) is 0.417. The third kappa shape index (κ3) is 3.42. The monoisotopic (exact) mass is 242 g/mol. The van der Waals surface area contributed by atoms with Crippen LogP contribution in [0.1, 0.15) is 19.4 Å². The number of hydrogen-bond donors (Lipinski definition) is 2. The third-order valence-corrected chi connectivity index (χ3v) is 2.35. The van der Waals surface area contributed by atoms with Crippen LogP contribution in [-0.4, -0.2) is 22.8 Å². The van der Waals surface area contributed by atoms with Gasteiger partial charge in [-0.05, 0) is 31.5 Å². The quantitative estimate of drug-likeness (QED) is 0.826. The topological polar surface area (TPSA) is 66.8 Å². The first-order valence-corrected chi connectivity index (χ1v) is 5.12. The number of benzene rings is 1. The van der Waals surface area contributed by atoms with Crippen LogP contribution in [0.25, 0.3) is 0 Å². The molecule has 0 aliphatic rings. The Labute approximate surface area is 98.7 Å². The van der Waals surface area contributed by atoms with Crippen LogP contribution < -0.4 is 4.74 Å². The minimum absolute atomic E-state index is 0.0171. The van der Waals surface area contributed by atoms with Crippen molar-refractivity contribution in [2.75, 3.05) is 6.61 Å². The summed E-state index contributed by atoms with van der Waals surface area (Å²) >= 11 is 0. The molecule has 0 saturated heterocycles. The molecule has 0 heterocycles. The second-order valence-electron chi connectivity index (χ2n) is 4.40. The minimum atomic E-state index is -1.08. The van der Waals surface area contributed by atoms with E-state index in [1.54, 1.807) is 0 Å². The number of carboxylic acids is 1. The van der Waals surface area contributed by atoms with Crippen LogP contribution >= 0.6 is 0 Å². The van der Waals surface area contributed by atoms with Gasteiger partial charge in [-0.3, -0.25) is 4.79 Å². The van der Waals surface area contributed by atoms with Crippen LogP contribution in [0.3, 0.4) is 0 Å². The van der Waals surface area contributed by atoms with Crippen molar-refractivity contribution in [1.82, 2.24) is 0 Å². The number of carbonyl (C=O) groups is 1. The van der Waals surface area contributed by atoms with Gasteiger partial charge in [0.05, 0.1) is 12.0 Å². The molecule has 0 aromatic heterocycles. The maximum Gasteiger partial charge on any atom is 0.312 e. The summed E-state index contributed by atoms with van der Waals surface area (Å²) in [5, 5.41) is 17.7. The zero-order valence-electron chi connectivity index (χ0n) is 9.74. The molecule has 17 heavy (non-hydrogen) atoms. The largest absolute Gasteiger partial charge is 0.489 e. The van der Waals surface area contributed by atoms with E-state index in [-0.39, 0.29) is 19.0 Å². The van der Waals surface area contributed by atoms with E-state index in [1.807, 2.05) is 0 Å². The molecule has 0 bridgehead atoms. The molecule has 0 amide bonds. The van der Waals surface area contributed by atoms with Crippen molar-refractivity contribution in [2.24, 2.45) is 5.41 Å². The number of rotatable bonds is 5. The number of halogens is 1. The number of aliphatic hydroxyl groups is 1. The van der Waals surface area contributed by atoms with Crippen molar-refractivity contribution in [2.45, 2.75) is 20.5 Å². The van der Waals surface area contributed by atoms with Gasteiger partial charge in [0.15, 0.2) is 11.6 Å². The van der Waals surface area contributed by atoms with Gasteiger partial charge < -0.3 is 14.9 Å². The first-order valence-electron chi connectivity index (χ1n) is 5.12. The Morgan fingerprint density at radius 1 is 1.47 bits per heavy atom. The number of hydrogen-bond acceptors (Lipinski definition) is 3. The van der Waals surface area contributed by atoms with E-state index in [0.717, 1.165) is 6.07 Å². The molecule has 1 aromatic rings. The highest BCUT2D eigenvalue weighted by molar-refractivity contribution is 5.73. The van der Waals surface area contributed by atoms with Crippen LogP contribution in [-0.2, 0) is 11.4 Å². The van der Waals surface area contributed by atoms with Gasteiger partial charge in [0, 0.05) is 0 Å². The predicted molar refractivity (Wildman–Crippen MR) is 59.2 cm³/mol. The van der Waals surface area contributed by atoms with Gasteiger partial charge >= 0.3 is 5.97 Å². The van der Waals surface area contributed by atoms with Crippen LogP contribution in [0.15, 0.2) is 18.2 Å². The van der Waals surface area contributed by atoms with E-state index in [2.05, 4.69) is 0 Å². The molecule has 5 heteroatoms. The SMILES string of the molecule is CC(C)(COc1ccc(CO)cc1F)C(=O)O. The molecule has 0 radical (unpaired) electrons. The standard InChI is InChI=1S/C12H15FO4/c1-12(2,11(15)16)7-17-10-4-3-8(6-14)5-9(10)13/h3-5,14H,6-7H2,1-2H3,(H,15,16). The Morgan fingerprint density at radius 3 is 2.59 bits per heavy atom. The zero-order valence-corrected chi connectivity index (χ0v) is 9.74. The van der Waals surface area contributed by atoms with Crippen LogP contribution in [0.5, 0.6) is 5.75 Å². The molecular weight excluding hydrogens is 227 g/mol. The molecule has 94 valence electrons. The third-order valence-electron chi connectivity index (χ3n) is 2.35. The summed E-state index contributed by atoms with van der Waals surface area (Å²) in [6, 6.07) is 4.05. The van der Waals surface area contributed by atoms with E-state index in [9.17, 15) is 9.18 Å². The highest BCUT2D eigenvalue weighted by Crippen LogP contribution is 2.22. The highest BCUT2D eigenvalue weighted by atomic mass is 19.1. The Kier molecular flexibility index (Phi) is 4.07. The van der Waals surface area contributed by atoms with Crippen LogP contribution in [0, 0.1) is 11.2 Å². The predicted octanol–water partition coefficient (Wildman–Crippen LogP) is 1.81. The maximum atomic E-state index is 13.4. The van der Waals surface area contributed by atoms with E-state index in [4.69, 9.17) is 14.9 Å². The summed E-state index contributed by atoms with van der Waals surface area (Å²) in [6.45, 7) is 2.61. The molecule has 4 nitrogen and oxygen atoms in total. The Hall–Kier alpha value is -1.62.